The Morgan fingerprint density at radius 1 is 1.09 bits per heavy atom. The number of likely N-dealkylation sites (tertiary alicyclic amines) is 1. The highest BCUT2D eigenvalue weighted by atomic mass is 32.2. The molecule has 1 fully saturated rings. The second-order valence-electron chi connectivity index (χ2n) is 8.37. The number of likely N-dealkylation sites (N-methyl/N-ethyl adjacent to an activating group) is 1. The normalized spacial score (nSPS) is 17.2. The Bertz CT molecular complexity index is 1200. The van der Waals surface area contributed by atoms with Crippen LogP contribution in [0.1, 0.15) is 36.7 Å². The lowest BCUT2D eigenvalue weighted by atomic mass is 10.1. The molecule has 170 valence electrons. The summed E-state index contributed by atoms with van der Waals surface area (Å²) in [6.45, 7) is 10.2. The first-order valence-electron chi connectivity index (χ1n) is 11.0. The Morgan fingerprint density at radius 3 is 2.56 bits per heavy atom. The van der Waals surface area contributed by atoms with E-state index in [1.165, 1.54) is 0 Å². The van der Waals surface area contributed by atoms with E-state index >= 15 is 0 Å². The van der Waals surface area contributed by atoms with E-state index in [1.807, 2.05) is 51.1 Å². The maximum absolute atomic E-state index is 13.1. The molecule has 1 aliphatic rings. The van der Waals surface area contributed by atoms with Crippen LogP contribution in [0.15, 0.2) is 41.3 Å². The fraction of sp³-hybridized carbons (Fsp3) is 0.435. The van der Waals surface area contributed by atoms with Gasteiger partial charge in [0.15, 0.2) is 5.82 Å². The zero-order chi connectivity index (χ0) is 22.9. The molecule has 8 nitrogen and oxygen atoms in total. The minimum Gasteiger partial charge on any atom is -0.299 e. The molecule has 32 heavy (non-hydrogen) atoms. The van der Waals surface area contributed by atoms with Crippen LogP contribution in [0, 0.1) is 20.8 Å². The molecular weight excluding hydrogens is 424 g/mol. The summed E-state index contributed by atoms with van der Waals surface area (Å²) in [7, 11) is -3.63. The van der Waals surface area contributed by atoms with Gasteiger partial charge in [0.1, 0.15) is 0 Å². The number of rotatable bonds is 7. The van der Waals surface area contributed by atoms with Gasteiger partial charge in [-0.3, -0.25) is 4.90 Å². The van der Waals surface area contributed by atoms with Crippen molar-refractivity contribution in [3.63, 3.8) is 0 Å². The number of sulfonamides is 1. The maximum Gasteiger partial charge on any atom is 0.240 e. The van der Waals surface area contributed by atoms with Gasteiger partial charge in [-0.25, -0.2) is 17.8 Å². The summed E-state index contributed by atoms with van der Waals surface area (Å²) in [6, 6.07) is 11.3. The molecule has 2 aromatic heterocycles. The molecule has 0 aliphatic carbocycles. The molecule has 9 heteroatoms. The first-order valence-corrected chi connectivity index (χ1v) is 12.5. The second kappa shape index (κ2) is 9.09. The quantitative estimate of drug-likeness (QED) is 0.590. The molecule has 3 aromatic rings. The average molecular weight is 455 g/mol. The van der Waals surface area contributed by atoms with Crippen LogP contribution >= 0.6 is 0 Å². The van der Waals surface area contributed by atoms with Gasteiger partial charge < -0.3 is 0 Å². The van der Waals surface area contributed by atoms with Crippen molar-refractivity contribution >= 4 is 10.0 Å². The van der Waals surface area contributed by atoms with Crippen molar-refractivity contribution in [2.75, 3.05) is 19.6 Å². The lowest BCUT2D eigenvalue weighted by molar-refractivity contribution is 0.268. The summed E-state index contributed by atoms with van der Waals surface area (Å²) in [5.74, 6) is 0.623. The number of aromatic nitrogens is 4. The van der Waals surface area contributed by atoms with E-state index in [4.69, 9.17) is 0 Å². The van der Waals surface area contributed by atoms with Gasteiger partial charge in [0.05, 0.1) is 16.3 Å². The van der Waals surface area contributed by atoms with E-state index in [0.717, 1.165) is 37.3 Å². The summed E-state index contributed by atoms with van der Waals surface area (Å²) in [5, 5.41) is 13.1. The minimum atomic E-state index is -3.63. The van der Waals surface area contributed by atoms with Gasteiger partial charge in [0.2, 0.25) is 10.0 Å². The maximum atomic E-state index is 13.1. The lowest BCUT2D eigenvalue weighted by Crippen LogP contribution is -2.40. The van der Waals surface area contributed by atoms with Crippen LogP contribution < -0.4 is 4.72 Å². The molecule has 1 aromatic carbocycles. The van der Waals surface area contributed by atoms with Gasteiger partial charge >= 0.3 is 0 Å². The second-order valence-corrected chi connectivity index (χ2v) is 10.1. The Balaban J connectivity index is 1.56. The first kappa shape index (κ1) is 22.6. The zero-order valence-electron chi connectivity index (χ0n) is 19.0. The van der Waals surface area contributed by atoms with Crippen LogP contribution in [0.3, 0.4) is 0 Å². The fourth-order valence-corrected chi connectivity index (χ4v) is 5.67. The molecule has 1 atom stereocenters. The number of hydrogen-bond acceptors (Lipinski definition) is 6. The number of nitrogens with zero attached hydrogens (tertiary/aromatic N) is 5. The Labute approximate surface area is 189 Å². The van der Waals surface area contributed by atoms with E-state index in [-0.39, 0.29) is 10.9 Å². The highest BCUT2D eigenvalue weighted by molar-refractivity contribution is 7.89. The van der Waals surface area contributed by atoms with Crippen LogP contribution in [0.25, 0.3) is 17.1 Å². The monoisotopic (exact) mass is 454 g/mol. The van der Waals surface area contributed by atoms with Crippen LogP contribution in [-0.4, -0.2) is 59.0 Å². The molecule has 0 radical (unpaired) electrons. The molecule has 4 rings (SSSR count). The Kier molecular flexibility index (Phi) is 6.41. The predicted octanol–water partition coefficient (Wildman–Crippen LogP) is 3.02. The molecule has 3 heterocycles. The highest BCUT2D eigenvalue weighted by Gasteiger charge is 2.26. The summed E-state index contributed by atoms with van der Waals surface area (Å²) in [4.78, 5) is 2.60. The summed E-state index contributed by atoms with van der Waals surface area (Å²) in [5.41, 5.74) is 3.91. The number of hydrogen-bond donors (Lipinski definition) is 1. The number of aryl methyl sites for hydroxylation is 3. The third-order valence-corrected chi connectivity index (χ3v) is 7.63. The van der Waals surface area contributed by atoms with E-state index in [9.17, 15) is 8.42 Å². The molecule has 0 amide bonds. The van der Waals surface area contributed by atoms with Crippen LogP contribution in [0.4, 0.5) is 0 Å². The molecule has 1 saturated heterocycles. The molecule has 0 spiro atoms. The number of nitrogens with one attached hydrogen (secondary N) is 1. The predicted molar refractivity (Wildman–Crippen MR) is 124 cm³/mol. The molecule has 1 N–H and O–H groups in total. The van der Waals surface area contributed by atoms with Gasteiger partial charge in [-0.15, -0.1) is 10.2 Å². The third-order valence-electron chi connectivity index (χ3n) is 6.06. The Morgan fingerprint density at radius 2 is 1.91 bits per heavy atom. The molecule has 0 saturated carbocycles. The third kappa shape index (κ3) is 4.60. The molecular formula is C23H30N6O2S. The van der Waals surface area contributed by atoms with Crippen molar-refractivity contribution in [3.05, 3.63) is 53.3 Å². The molecule has 0 bridgehead atoms. The largest absolute Gasteiger partial charge is 0.299 e. The topological polar surface area (TPSA) is 93.0 Å². The van der Waals surface area contributed by atoms with Crippen molar-refractivity contribution in [1.82, 2.24) is 29.6 Å². The van der Waals surface area contributed by atoms with Crippen LogP contribution in [-0.2, 0) is 10.0 Å². The SMILES string of the molecule is CCN1CCC[C@H]1CNS(=O)(=O)c1cc(-c2ccc(-n3nc(C)cc3C)nn2)ccc1C. The van der Waals surface area contributed by atoms with Crippen LogP contribution in [0.5, 0.6) is 0 Å². The van der Waals surface area contributed by atoms with Gasteiger partial charge in [-0.1, -0.05) is 19.1 Å². The summed E-state index contributed by atoms with van der Waals surface area (Å²) in [6.07, 6.45) is 2.13. The van der Waals surface area contributed by atoms with Crippen LogP contribution in [0.2, 0.25) is 0 Å². The Hall–Kier alpha value is -2.62. The summed E-state index contributed by atoms with van der Waals surface area (Å²) < 4.78 is 30.7. The minimum absolute atomic E-state index is 0.256. The van der Waals surface area contributed by atoms with Crippen molar-refractivity contribution in [1.29, 1.82) is 0 Å². The standard InChI is InChI=1S/C23H30N6O2S/c1-5-28-12-6-7-20(28)15-24-32(30,31)22-14-19(9-8-16(22)2)21-10-11-23(26-25-21)29-18(4)13-17(3)27-29/h8-11,13-14,20,24H,5-7,12,15H2,1-4H3/t20-/m0/s1. The van der Waals surface area contributed by atoms with Crippen molar-refractivity contribution < 1.29 is 8.42 Å². The van der Waals surface area contributed by atoms with Gasteiger partial charge in [-0.05, 0) is 76.5 Å². The van der Waals surface area contributed by atoms with E-state index in [1.54, 1.807) is 10.7 Å². The molecule has 1 aliphatic heterocycles. The van der Waals surface area contributed by atoms with E-state index in [0.29, 0.717) is 29.2 Å². The van der Waals surface area contributed by atoms with Gasteiger partial charge in [-0.2, -0.15) is 5.10 Å². The highest BCUT2D eigenvalue weighted by Crippen LogP contribution is 2.25. The smallest absolute Gasteiger partial charge is 0.240 e. The van der Waals surface area contributed by atoms with E-state index in [2.05, 4.69) is 31.8 Å². The van der Waals surface area contributed by atoms with Gasteiger partial charge in [0.25, 0.3) is 0 Å². The van der Waals surface area contributed by atoms with E-state index < -0.39 is 10.0 Å². The molecule has 0 unspecified atom stereocenters. The number of benzene rings is 1. The summed E-state index contributed by atoms with van der Waals surface area (Å²) >= 11 is 0. The average Bonchev–Trinajstić information content (AvgIpc) is 3.37. The van der Waals surface area contributed by atoms with Crippen molar-refractivity contribution in [3.8, 4) is 17.1 Å². The lowest BCUT2D eigenvalue weighted by Gasteiger charge is -2.23. The first-order chi connectivity index (χ1) is 15.3. The van der Waals surface area contributed by atoms with Crippen molar-refractivity contribution in [2.24, 2.45) is 0 Å². The van der Waals surface area contributed by atoms with Gasteiger partial charge in [0, 0.05) is 23.8 Å². The fourth-order valence-electron chi connectivity index (χ4n) is 4.33. The zero-order valence-corrected chi connectivity index (χ0v) is 19.9. The van der Waals surface area contributed by atoms with Crippen molar-refractivity contribution in [2.45, 2.75) is 51.5 Å².